The number of fused-ring (bicyclic) bond motifs is 1. The molecule has 3 rings (SSSR count). The number of hydrogen-bond donors (Lipinski definition) is 3. The van der Waals surface area contributed by atoms with Gasteiger partial charge in [0.2, 0.25) is 0 Å². The number of hydrogen-bond acceptors (Lipinski definition) is 5. The molecule has 27 heavy (non-hydrogen) atoms. The van der Waals surface area contributed by atoms with Gasteiger partial charge in [0.15, 0.2) is 5.65 Å². The first-order chi connectivity index (χ1) is 12.4. The molecule has 0 aromatic carbocycles. The summed E-state index contributed by atoms with van der Waals surface area (Å²) in [6.45, 7) is 4.66. The number of aromatic amines is 1. The number of nitrogens with two attached hydrogens (primary N) is 1. The van der Waals surface area contributed by atoms with Crippen LogP contribution in [0.25, 0.3) is 11.0 Å². The Labute approximate surface area is 163 Å². The Morgan fingerprint density at radius 1 is 1.44 bits per heavy atom. The smallest absolute Gasteiger partial charge is 0.329 e. The standard InChI is InChI=1S/C18H25N5O3.ClH/c1-3-8-23-15-14(17(25)22-18(23)26)12(9-13(21-15)11-4-5-11)16(24)20-7-6-10(2)19;/h9-11H,3-8,19H2,1-2H3,(H,20,24)(H,22,25,26);1H. The SMILES string of the molecule is CCCn1c(=O)[nH]c(=O)c2c(C(=O)NCCC(C)N)cc(C3CC3)nc21.Cl. The minimum atomic E-state index is -0.579. The van der Waals surface area contributed by atoms with E-state index < -0.39 is 11.2 Å². The van der Waals surface area contributed by atoms with E-state index in [1.807, 2.05) is 13.8 Å². The normalized spacial score (nSPS) is 14.6. The van der Waals surface area contributed by atoms with E-state index in [2.05, 4.69) is 15.3 Å². The topological polar surface area (TPSA) is 123 Å². The second-order valence-corrected chi connectivity index (χ2v) is 7.00. The van der Waals surface area contributed by atoms with Gasteiger partial charge in [-0.15, -0.1) is 12.4 Å². The Bertz CT molecular complexity index is 946. The lowest BCUT2D eigenvalue weighted by Crippen LogP contribution is -2.34. The average molecular weight is 396 g/mol. The number of halogens is 1. The van der Waals surface area contributed by atoms with Crippen LogP contribution >= 0.6 is 12.4 Å². The van der Waals surface area contributed by atoms with Crippen molar-refractivity contribution in [2.24, 2.45) is 5.73 Å². The molecule has 1 fully saturated rings. The van der Waals surface area contributed by atoms with Gasteiger partial charge < -0.3 is 11.1 Å². The maximum atomic E-state index is 12.7. The van der Waals surface area contributed by atoms with Crippen molar-refractivity contribution in [2.75, 3.05) is 6.54 Å². The molecule has 0 radical (unpaired) electrons. The second-order valence-electron chi connectivity index (χ2n) is 7.00. The first-order valence-electron chi connectivity index (χ1n) is 9.14. The lowest BCUT2D eigenvalue weighted by Gasteiger charge is -2.13. The highest BCUT2D eigenvalue weighted by Crippen LogP contribution is 2.39. The molecule has 0 bridgehead atoms. The van der Waals surface area contributed by atoms with Gasteiger partial charge >= 0.3 is 5.69 Å². The summed E-state index contributed by atoms with van der Waals surface area (Å²) in [5.74, 6) is -0.0494. The van der Waals surface area contributed by atoms with Gasteiger partial charge in [-0.1, -0.05) is 6.92 Å². The summed E-state index contributed by atoms with van der Waals surface area (Å²) in [7, 11) is 0. The molecule has 1 atom stereocenters. The van der Waals surface area contributed by atoms with Crippen LogP contribution in [0, 0.1) is 0 Å². The van der Waals surface area contributed by atoms with Crippen LogP contribution in [-0.4, -0.2) is 33.0 Å². The monoisotopic (exact) mass is 395 g/mol. The third-order valence-electron chi connectivity index (χ3n) is 4.54. The van der Waals surface area contributed by atoms with E-state index in [0.717, 1.165) is 18.5 Å². The van der Waals surface area contributed by atoms with Crippen LogP contribution in [0.1, 0.15) is 61.5 Å². The van der Waals surface area contributed by atoms with Crippen molar-refractivity contribution in [1.82, 2.24) is 19.9 Å². The van der Waals surface area contributed by atoms with Gasteiger partial charge in [0, 0.05) is 30.7 Å². The number of rotatable bonds is 7. The Kier molecular flexibility index (Phi) is 6.78. The lowest BCUT2D eigenvalue weighted by atomic mass is 10.1. The predicted octanol–water partition coefficient (Wildman–Crippen LogP) is 1.26. The zero-order valence-corrected chi connectivity index (χ0v) is 16.4. The number of carbonyl (C=O) groups is 1. The fourth-order valence-corrected chi connectivity index (χ4v) is 3.00. The summed E-state index contributed by atoms with van der Waals surface area (Å²) >= 11 is 0. The van der Waals surface area contributed by atoms with Crippen LogP contribution in [0.2, 0.25) is 0 Å². The maximum Gasteiger partial charge on any atom is 0.329 e. The van der Waals surface area contributed by atoms with Gasteiger partial charge in [0.1, 0.15) is 0 Å². The van der Waals surface area contributed by atoms with E-state index in [9.17, 15) is 14.4 Å². The van der Waals surface area contributed by atoms with Crippen molar-refractivity contribution in [2.45, 2.75) is 58.0 Å². The fourth-order valence-electron chi connectivity index (χ4n) is 3.00. The maximum absolute atomic E-state index is 12.7. The Morgan fingerprint density at radius 3 is 2.74 bits per heavy atom. The van der Waals surface area contributed by atoms with Gasteiger partial charge in [0.05, 0.1) is 10.9 Å². The second kappa shape index (κ2) is 8.67. The summed E-state index contributed by atoms with van der Waals surface area (Å²) < 4.78 is 1.45. The fraction of sp³-hybridized carbons (Fsp3) is 0.556. The molecule has 1 saturated carbocycles. The molecule has 0 aliphatic heterocycles. The lowest BCUT2D eigenvalue weighted by molar-refractivity contribution is 0.0954. The quantitative estimate of drug-likeness (QED) is 0.651. The summed E-state index contributed by atoms with van der Waals surface area (Å²) in [6.07, 6.45) is 3.37. The molecule has 2 aromatic rings. The molecule has 0 spiro atoms. The summed E-state index contributed by atoms with van der Waals surface area (Å²) in [4.78, 5) is 44.3. The number of pyridine rings is 1. The van der Waals surface area contributed by atoms with Crippen molar-refractivity contribution in [1.29, 1.82) is 0 Å². The molecule has 148 valence electrons. The Balaban J connectivity index is 0.00000261. The van der Waals surface area contributed by atoms with Crippen molar-refractivity contribution >= 4 is 29.3 Å². The van der Waals surface area contributed by atoms with Crippen LogP contribution in [0.15, 0.2) is 15.7 Å². The molecule has 4 N–H and O–H groups in total. The zero-order chi connectivity index (χ0) is 18.8. The minimum Gasteiger partial charge on any atom is -0.352 e. The number of aromatic nitrogens is 3. The molecule has 1 aliphatic carbocycles. The largest absolute Gasteiger partial charge is 0.352 e. The third kappa shape index (κ3) is 4.56. The van der Waals surface area contributed by atoms with E-state index in [4.69, 9.17) is 5.73 Å². The number of H-pyrrole nitrogens is 1. The first kappa shape index (κ1) is 21.1. The molecular formula is C18H26ClN5O3. The molecule has 8 nitrogen and oxygen atoms in total. The predicted molar refractivity (Wildman–Crippen MR) is 107 cm³/mol. The first-order valence-corrected chi connectivity index (χ1v) is 9.14. The molecular weight excluding hydrogens is 370 g/mol. The van der Waals surface area contributed by atoms with Crippen LogP contribution in [0.4, 0.5) is 0 Å². The van der Waals surface area contributed by atoms with Crippen LogP contribution in [0.5, 0.6) is 0 Å². The zero-order valence-electron chi connectivity index (χ0n) is 15.6. The molecule has 2 aromatic heterocycles. The molecule has 2 heterocycles. The highest BCUT2D eigenvalue weighted by atomic mass is 35.5. The van der Waals surface area contributed by atoms with Gasteiger partial charge in [-0.3, -0.25) is 19.1 Å². The van der Waals surface area contributed by atoms with Crippen molar-refractivity contribution in [3.8, 4) is 0 Å². The van der Waals surface area contributed by atoms with Crippen molar-refractivity contribution in [3.05, 3.63) is 38.2 Å². The third-order valence-corrected chi connectivity index (χ3v) is 4.54. The van der Waals surface area contributed by atoms with E-state index >= 15 is 0 Å². The van der Waals surface area contributed by atoms with E-state index in [1.54, 1.807) is 6.07 Å². The minimum absolute atomic E-state index is 0. The summed E-state index contributed by atoms with van der Waals surface area (Å²) in [6, 6.07) is 1.67. The Morgan fingerprint density at radius 2 is 2.15 bits per heavy atom. The van der Waals surface area contributed by atoms with Gasteiger partial charge in [-0.05, 0) is 38.7 Å². The molecule has 1 amide bonds. The van der Waals surface area contributed by atoms with E-state index in [1.165, 1.54) is 4.57 Å². The summed E-state index contributed by atoms with van der Waals surface area (Å²) in [5.41, 5.74) is 5.98. The van der Waals surface area contributed by atoms with E-state index in [-0.39, 0.29) is 35.3 Å². The summed E-state index contributed by atoms with van der Waals surface area (Å²) in [5, 5.41) is 2.98. The number of nitrogens with zero attached hydrogens (tertiary/aromatic N) is 2. The average Bonchev–Trinajstić information content (AvgIpc) is 3.42. The molecule has 1 aliphatic rings. The van der Waals surface area contributed by atoms with Gasteiger partial charge in [-0.2, -0.15) is 0 Å². The highest BCUT2D eigenvalue weighted by molar-refractivity contribution is 6.05. The van der Waals surface area contributed by atoms with Crippen molar-refractivity contribution in [3.63, 3.8) is 0 Å². The number of aryl methyl sites for hydroxylation is 1. The van der Waals surface area contributed by atoms with Crippen LogP contribution in [-0.2, 0) is 6.54 Å². The number of carbonyl (C=O) groups excluding carboxylic acids is 1. The Hall–Kier alpha value is -2.19. The molecule has 0 saturated heterocycles. The molecule has 9 heteroatoms. The van der Waals surface area contributed by atoms with E-state index in [0.29, 0.717) is 37.5 Å². The van der Waals surface area contributed by atoms with Crippen molar-refractivity contribution < 1.29 is 4.79 Å². The molecule has 1 unspecified atom stereocenters. The highest BCUT2D eigenvalue weighted by Gasteiger charge is 2.28. The van der Waals surface area contributed by atoms with Gasteiger partial charge in [-0.25, -0.2) is 9.78 Å². The number of amides is 1. The number of nitrogens with one attached hydrogen (secondary N) is 2. The van der Waals surface area contributed by atoms with Gasteiger partial charge in [0.25, 0.3) is 11.5 Å². The van der Waals surface area contributed by atoms with Crippen LogP contribution in [0.3, 0.4) is 0 Å². The van der Waals surface area contributed by atoms with Crippen LogP contribution < -0.4 is 22.3 Å².